The zero-order chi connectivity index (χ0) is 21.8. The fourth-order valence-electron chi connectivity index (χ4n) is 3.43. The number of halogens is 2. The van der Waals surface area contributed by atoms with Crippen molar-refractivity contribution in [3.8, 4) is 0 Å². The van der Waals surface area contributed by atoms with Crippen molar-refractivity contribution in [1.82, 2.24) is 5.32 Å². The van der Waals surface area contributed by atoms with E-state index >= 15 is 0 Å². The van der Waals surface area contributed by atoms with Gasteiger partial charge in [0.1, 0.15) is 5.00 Å². The quantitative estimate of drug-likeness (QED) is 0.550. The van der Waals surface area contributed by atoms with Crippen molar-refractivity contribution in [2.24, 2.45) is 0 Å². The number of esters is 1. The lowest BCUT2D eigenvalue weighted by molar-refractivity contribution is 0.0527. The number of nitrogens with one attached hydrogen (secondary N) is 2. The van der Waals surface area contributed by atoms with Crippen LogP contribution >= 0.6 is 34.5 Å². The molecule has 0 saturated heterocycles. The molecule has 1 aromatic carbocycles. The number of amides is 2. The van der Waals surface area contributed by atoms with Gasteiger partial charge in [-0.05, 0) is 50.5 Å². The maximum Gasteiger partial charge on any atom is 0.341 e. The van der Waals surface area contributed by atoms with Crippen LogP contribution in [0.2, 0.25) is 10.0 Å². The smallest absolute Gasteiger partial charge is 0.341 e. The number of hydrogen-bond acceptors (Lipinski definition) is 5. The molecule has 1 aliphatic carbocycles. The molecule has 0 radical (unpaired) electrons. The van der Waals surface area contributed by atoms with E-state index in [9.17, 15) is 14.4 Å². The standard InChI is InChI=1S/C21H22Cl2N2O4S/c1-3-29-21(28)16-11(2)17(19(27)24-13-6-4-5-7-13)30-20(16)25-18(26)14-9-8-12(22)10-15(14)23/h8-10,13H,3-7H2,1-2H3,(H,24,27)(H,25,26). The molecule has 0 unspecified atom stereocenters. The molecule has 1 heterocycles. The van der Waals surface area contributed by atoms with Crippen LogP contribution in [0.4, 0.5) is 5.00 Å². The van der Waals surface area contributed by atoms with Crippen LogP contribution in [-0.2, 0) is 4.74 Å². The minimum absolute atomic E-state index is 0.135. The molecule has 1 saturated carbocycles. The van der Waals surface area contributed by atoms with Crippen molar-refractivity contribution in [1.29, 1.82) is 0 Å². The van der Waals surface area contributed by atoms with E-state index in [4.69, 9.17) is 27.9 Å². The first-order valence-corrected chi connectivity index (χ1v) is 11.3. The van der Waals surface area contributed by atoms with Gasteiger partial charge in [-0.15, -0.1) is 11.3 Å². The van der Waals surface area contributed by atoms with Gasteiger partial charge < -0.3 is 15.4 Å². The van der Waals surface area contributed by atoms with Crippen molar-refractivity contribution >= 4 is 57.3 Å². The van der Waals surface area contributed by atoms with E-state index in [-0.39, 0.29) is 39.7 Å². The molecular formula is C21H22Cl2N2O4S. The molecule has 2 N–H and O–H groups in total. The minimum Gasteiger partial charge on any atom is -0.462 e. The Labute approximate surface area is 188 Å². The van der Waals surface area contributed by atoms with Crippen molar-refractivity contribution in [2.45, 2.75) is 45.6 Å². The summed E-state index contributed by atoms with van der Waals surface area (Å²) in [4.78, 5) is 38.5. The van der Waals surface area contributed by atoms with Crippen molar-refractivity contribution in [3.63, 3.8) is 0 Å². The van der Waals surface area contributed by atoms with E-state index in [1.165, 1.54) is 12.1 Å². The van der Waals surface area contributed by atoms with Crippen LogP contribution in [0.25, 0.3) is 0 Å². The number of rotatable bonds is 6. The third-order valence-corrected chi connectivity index (χ3v) is 6.68. The summed E-state index contributed by atoms with van der Waals surface area (Å²) in [5.74, 6) is -1.35. The summed E-state index contributed by atoms with van der Waals surface area (Å²) in [6.45, 7) is 3.55. The molecule has 9 heteroatoms. The Morgan fingerprint density at radius 3 is 2.50 bits per heavy atom. The first-order chi connectivity index (χ1) is 14.3. The predicted molar refractivity (Wildman–Crippen MR) is 119 cm³/mol. The van der Waals surface area contributed by atoms with Gasteiger partial charge in [-0.1, -0.05) is 36.0 Å². The lowest BCUT2D eigenvalue weighted by Crippen LogP contribution is -2.32. The van der Waals surface area contributed by atoms with Crippen LogP contribution in [0.15, 0.2) is 18.2 Å². The Balaban J connectivity index is 1.92. The molecule has 3 rings (SSSR count). The van der Waals surface area contributed by atoms with Gasteiger partial charge in [0.05, 0.1) is 27.6 Å². The number of anilines is 1. The molecule has 0 bridgehead atoms. The van der Waals surface area contributed by atoms with Gasteiger partial charge in [-0.25, -0.2) is 4.79 Å². The van der Waals surface area contributed by atoms with Gasteiger partial charge in [0.15, 0.2) is 0 Å². The molecule has 1 aromatic heterocycles. The molecule has 2 amide bonds. The molecule has 160 valence electrons. The fourth-order valence-corrected chi connectivity index (χ4v) is 5.02. The monoisotopic (exact) mass is 468 g/mol. The number of carbonyl (C=O) groups excluding carboxylic acids is 3. The molecule has 0 atom stereocenters. The average molecular weight is 469 g/mol. The van der Waals surface area contributed by atoms with Gasteiger partial charge in [0, 0.05) is 11.1 Å². The Bertz CT molecular complexity index is 984. The maximum absolute atomic E-state index is 12.8. The normalized spacial score (nSPS) is 13.9. The van der Waals surface area contributed by atoms with Gasteiger partial charge >= 0.3 is 5.97 Å². The Hall–Kier alpha value is -2.09. The van der Waals surface area contributed by atoms with E-state index in [1.807, 2.05) is 0 Å². The number of carbonyl (C=O) groups is 3. The van der Waals surface area contributed by atoms with Crippen LogP contribution in [0.1, 0.15) is 68.6 Å². The first kappa shape index (κ1) is 22.6. The minimum atomic E-state index is -0.594. The second kappa shape index (κ2) is 9.81. The third-order valence-electron chi connectivity index (χ3n) is 4.93. The Morgan fingerprint density at radius 2 is 1.87 bits per heavy atom. The number of thiophene rings is 1. The van der Waals surface area contributed by atoms with Gasteiger partial charge in [0.25, 0.3) is 11.8 Å². The fraction of sp³-hybridized carbons (Fsp3) is 0.381. The van der Waals surface area contributed by atoms with E-state index in [0.717, 1.165) is 37.0 Å². The third kappa shape index (κ3) is 4.96. The topological polar surface area (TPSA) is 84.5 Å². The van der Waals surface area contributed by atoms with Crippen molar-refractivity contribution < 1.29 is 19.1 Å². The van der Waals surface area contributed by atoms with E-state index in [1.54, 1.807) is 19.9 Å². The van der Waals surface area contributed by atoms with Crippen molar-refractivity contribution in [2.75, 3.05) is 11.9 Å². The Morgan fingerprint density at radius 1 is 1.17 bits per heavy atom. The van der Waals surface area contributed by atoms with Crippen LogP contribution in [0.5, 0.6) is 0 Å². The maximum atomic E-state index is 12.8. The van der Waals surface area contributed by atoms with Crippen molar-refractivity contribution in [3.05, 3.63) is 49.8 Å². The van der Waals surface area contributed by atoms with Crippen LogP contribution in [-0.4, -0.2) is 30.4 Å². The van der Waals surface area contributed by atoms with E-state index in [0.29, 0.717) is 15.5 Å². The Kier molecular flexibility index (Phi) is 7.39. The molecule has 2 aromatic rings. The summed E-state index contributed by atoms with van der Waals surface area (Å²) in [6, 6.07) is 4.65. The summed E-state index contributed by atoms with van der Waals surface area (Å²) in [5.41, 5.74) is 0.863. The summed E-state index contributed by atoms with van der Waals surface area (Å²) in [7, 11) is 0. The molecule has 0 aliphatic heterocycles. The van der Waals surface area contributed by atoms with Gasteiger partial charge in [-0.2, -0.15) is 0 Å². The number of hydrogen-bond donors (Lipinski definition) is 2. The SMILES string of the molecule is CCOC(=O)c1c(NC(=O)c2ccc(Cl)cc2Cl)sc(C(=O)NC2CCCC2)c1C. The van der Waals surface area contributed by atoms with E-state index < -0.39 is 11.9 Å². The summed E-state index contributed by atoms with van der Waals surface area (Å²) < 4.78 is 5.14. The molecule has 30 heavy (non-hydrogen) atoms. The summed E-state index contributed by atoms with van der Waals surface area (Å²) >= 11 is 13.1. The average Bonchev–Trinajstić information content (AvgIpc) is 3.29. The number of benzene rings is 1. The van der Waals surface area contributed by atoms with Gasteiger partial charge in [0.2, 0.25) is 0 Å². The highest BCUT2D eigenvalue weighted by molar-refractivity contribution is 7.18. The highest BCUT2D eigenvalue weighted by atomic mass is 35.5. The summed E-state index contributed by atoms with van der Waals surface area (Å²) in [6.07, 6.45) is 4.07. The predicted octanol–water partition coefficient (Wildman–Crippen LogP) is 5.46. The molecule has 6 nitrogen and oxygen atoms in total. The zero-order valence-electron chi connectivity index (χ0n) is 16.6. The summed E-state index contributed by atoms with van der Waals surface area (Å²) in [5, 5.41) is 6.56. The molecule has 0 spiro atoms. The van der Waals surface area contributed by atoms with Gasteiger partial charge in [-0.3, -0.25) is 9.59 Å². The van der Waals surface area contributed by atoms with Crippen LogP contribution in [0, 0.1) is 6.92 Å². The second-order valence-electron chi connectivity index (χ2n) is 7.01. The zero-order valence-corrected chi connectivity index (χ0v) is 19.0. The highest BCUT2D eigenvalue weighted by Gasteiger charge is 2.28. The molecule has 1 fully saturated rings. The lowest BCUT2D eigenvalue weighted by atomic mass is 10.1. The van der Waals surface area contributed by atoms with E-state index in [2.05, 4.69) is 10.6 Å². The highest BCUT2D eigenvalue weighted by Crippen LogP contribution is 2.35. The molecule has 1 aliphatic rings. The second-order valence-corrected chi connectivity index (χ2v) is 8.88. The first-order valence-electron chi connectivity index (χ1n) is 9.69. The largest absolute Gasteiger partial charge is 0.462 e. The van der Waals surface area contributed by atoms with Crippen LogP contribution < -0.4 is 10.6 Å². The number of ether oxygens (including phenoxy) is 1. The van der Waals surface area contributed by atoms with Crippen LogP contribution in [0.3, 0.4) is 0 Å². The molecular weight excluding hydrogens is 447 g/mol. The lowest BCUT2D eigenvalue weighted by Gasteiger charge is -2.11.